The average Bonchev–Trinajstić information content (AvgIpc) is 2.80. The summed E-state index contributed by atoms with van der Waals surface area (Å²) in [4.78, 5) is 16.1. The number of halogens is 1. The smallest absolute Gasteiger partial charge is 0.258 e. The van der Waals surface area contributed by atoms with E-state index in [2.05, 4.69) is 15.4 Å². The molecule has 3 rings (SSSR count). The molecule has 2 heterocycles. The molecule has 0 spiro atoms. The van der Waals surface area contributed by atoms with Crippen molar-refractivity contribution in [3.63, 3.8) is 0 Å². The highest BCUT2D eigenvalue weighted by atomic mass is 19.1. The van der Waals surface area contributed by atoms with Gasteiger partial charge in [-0.25, -0.2) is 8.91 Å². The minimum absolute atomic E-state index is 0.213. The van der Waals surface area contributed by atoms with Gasteiger partial charge in [0.05, 0.1) is 0 Å². The van der Waals surface area contributed by atoms with Crippen LogP contribution in [0.5, 0.6) is 0 Å². The standard InChI is InChI=1S/C14H11FN4O/c1-9-2-7-12-16-14(18-19(12)8-9)17-13(20)10-3-5-11(15)6-4-10/h2-8H,1H3,(H,17,18,20). The molecule has 0 saturated heterocycles. The topological polar surface area (TPSA) is 59.3 Å². The van der Waals surface area contributed by atoms with E-state index in [0.717, 1.165) is 5.56 Å². The number of hydrogen-bond acceptors (Lipinski definition) is 3. The number of hydrogen-bond donors (Lipinski definition) is 1. The molecule has 0 unspecified atom stereocenters. The van der Waals surface area contributed by atoms with Crippen LogP contribution in [-0.2, 0) is 0 Å². The molecule has 0 aliphatic carbocycles. The Bertz CT molecular complexity index is 779. The van der Waals surface area contributed by atoms with Crippen LogP contribution in [0.3, 0.4) is 0 Å². The van der Waals surface area contributed by atoms with Crippen LogP contribution in [0, 0.1) is 12.7 Å². The zero-order chi connectivity index (χ0) is 14.1. The molecule has 0 atom stereocenters. The van der Waals surface area contributed by atoms with Gasteiger partial charge in [0.25, 0.3) is 5.91 Å². The first-order valence-electron chi connectivity index (χ1n) is 6.02. The van der Waals surface area contributed by atoms with Gasteiger partial charge in [-0.05, 0) is 42.8 Å². The Morgan fingerprint density at radius 1 is 1.20 bits per heavy atom. The van der Waals surface area contributed by atoms with Gasteiger partial charge in [0.2, 0.25) is 5.95 Å². The maximum atomic E-state index is 12.8. The molecular formula is C14H11FN4O. The minimum Gasteiger partial charge on any atom is -0.289 e. The number of benzene rings is 1. The Hall–Kier alpha value is -2.76. The van der Waals surface area contributed by atoms with E-state index in [1.54, 1.807) is 4.52 Å². The SMILES string of the molecule is Cc1ccc2nc(NC(=O)c3ccc(F)cc3)nn2c1. The lowest BCUT2D eigenvalue weighted by Crippen LogP contribution is -2.13. The van der Waals surface area contributed by atoms with Crippen molar-refractivity contribution >= 4 is 17.5 Å². The number of rotatable bonds is 2. The van der Waals surface area contributed by atoms with Gasteiger partial charge in [0.1, 0.15) is 5.82 Å². The summed E-state index contributed by atoms with van der Waals surface area (Å²) in [5.74, 6) is -0.551. The van der Waals surface area contributed by atoms with Crippen LogP contribution < -0.4 is 5.32 Å². The van der Waals surface area contributed by atoms with Crippen molar-refractivity contribution in [3.05, 3.63) is 59.5 Å². The number of carbonyl (C=O) groups excluding carboxylic acids is 1. The van der Waals surface area contributed by atoms with Crippen LogP contribution in [0.1, 0.15) is 15.9 Å². The molecule has 0 radical (unpaired) electrons. The summed E-state index contributed by atoms with van der Waals surface area (Å²) in [6.45, 7) is 1.94. The van der Waals surface area contributed by atoms with E-state index in [4.69, 9.17) is 0 Å². The number of amides is 1. The van der Waals surface area contributed by atoms with Crippen molar-refractivity contribution in [2.75, 3.05) is 5.32 Å². The molecule has 5 nitrogen and oxygen atoms in total. The summed E-state index contributed by atoms with van der Waals surface area (Å²) in [7, 11) is 0. The number of aryl methyl sites for hydroxylation is 1. The Labute approximate surface area is 114 Å². The van der Waals surface area contributed by atoms with Gasteiger partial charge < -0.3 is 0 Å². The minimum atomic E-state index is -0.386. The highest BCUT2D eigenvalue weighted by Crippen LogP contribution is 2.09. The normalized spacial score (nSPS) is 10.7. The Morgan fingerprint density at radius 3 is 2.70 bits per heavy atom. The zero-order valence-electron chi connectivity index (χ0n) is 10.7. The first-order valence-corrected chi connectivity index (χ1v) is 6.02. The van der Waals surface area contributed by atoms with Gasteiger partial charge in [-0.1, -0.05) is 6.07 Å². The second kappa shape index (κ2) is 4.73. The maximum absolute atomic E-state index is 12.8. The number of pyridine rings is 1. The highest BCUT2D eigenvalue weighted by molar-refractivity contribution is 6.03. The molecule has 2 aromatic heterocycles. The lowest BCUT2D eigenvalue weighted by Gasteiger charge is -2.00. The number of fused-ring (bicyclic) bond motifs is 1. The highest BCUT2D eigenvalue weighted by Gasteiger charge is 2.10. The fourth-order valence-electron chi connectivity index (χ4n) is 1.81. The van der Waals surface area contributed by atoms with E-state index in [1.807, 2.05) is 25.3 Å². The van der Waals surface area contributed by atoms with Crippen LogP contribution in [0.15, 0.2) is 42.6 Å². The summed E-state index contributed by atoms with van der Waals surface area (Å²) in [5.41, 5.74) is 2.03. The lowest BCUT2D eigenvalue weighted by atomic mass is 10.2. The molecule has 100 valence electrons. The second-order valence-electron chi connectivity index (χ2n) is 4.41. The molecule has 1 aromatic carbocycles. The molecule has 6 heteroatoms. The number of carbonyl (C=O) groups is 1. The van der Waals surface area contributed by atoms with Crippen LogP contribution in [0.4, 0.5) is 10.3 Å². The van der Waals surface area contributed by atoms with E-state index < -0.39 is 0 Å². The molecule has 20 heavy (non-hydrogen) atoms. The third-order valence-electron chi connectivity index (χ3n) is 2.81. The van der Waals surface area contributed by atoms with Crippen molar-refractivity contribution in [1.29, 1.82) is 0 Å². The number of anilines is 1. The largest absolute Gasteiger partial charge is 0.289 e. The monoisotopic (exact) mass is 270 g/mol. The zero-order valence-corrected chi connectivity index (χ0v) is 10.7. The Morgan fingerprint density at radius 2 is 1.95 bits per heavy atom. The summed E-state index contributed by atoms with van der Waals surface area (Å²) in [5, 5.41) is 6.74. The summed E-state index contributed by atoms with van der Waals surface area (Å²) in [6.07, 6.45) is 1.82. The van der Waals surface area contributed by atoms with Gasteiger partial charge in [-0.2, -0.15) is 4.98 Å². The molecule has 1 amide bonds. The Kier molecular flexibility index (Phi) is 2.90. The second-order valence-corrected chi connectivity index (χ2v) is 4.41. The summed E-state index contributed by atoms with van der Waals surface area (Å²) < 4.78 is 14.4. The van der Waals surface area contributed by atoms with Gasteiger partial charge >= 0.3 is 0 Å². The first-order chi connectivity index (χ1) is 9.61. The van der Waals surface area contributed by atoms with Gasteiger partial charge in [-0.15, -0.1) is 5.10 Å². The third kappa shape index (κ3) is 2.35. The van der Waals surface area contributed by atoms with Crippen molar-refractivity contribution in [3.8, 4) is 0 Å². The fraction of sp³-hybridized carbons (Fsp3) is 0.0714. The summed E-state index contributed by atoms with van der Waals surface area (Å²) in [6, 6.07) is 9.01. The molecule has 0 aliphatic heterocycles. The average molecular weight is 270 g/mol. The van der Waals surface area contributed by atoms with E-state index >= 15 is 0 Å². The third-order valence-corrected chi connectivity index (χ3v) is 2.81. The van der Waals surface area contributed by atoms with Gasteiger partial charge in [0, 0.05) is 11.8 Å². The molecule has 0 aliphatic rings. The molecule has 0 fully saturated rings. The van der Waals surface area contributed by atoms with Crippen LogP contribution >= 0.6 is 0 Å². The molecular weight excluding hydrogens is 259 g/mol. The van der Waals surface area contributed by atoms with E-state index in [-0.39, 0.29) is 17.7 Å². The quantitative estimate of drug-likeness (QED) is 0.778. The van der Waals surface area contributed by atoms with Gasteiger partial charge in [0.15, 0.2) is 5.65 Å². The number of nitrogens with zero attached hydrogens (tertiary/aromatic N) is 3. The molecule has 1 N–H and O–H groups in total. The van der Waals surface area contributed by atoms with Crippen molar-refractivity contribution in [2.24, 2.45) is 0 Å². The molecule has 3 aromatic rings. The predicted octanol–water partition coefficient (Wildman–Crippen LogP) is 2.43. The van der Waals surface area contributed by atoms with Crippen LogP contribution in [-0.4, -0.2) is 20.5 Å². The first kappa shape index (κ1) is 12.3. The van der Waals surface area contributed by atoms with Crippen LogP contribution in [0.2, 0.25) is 0 Å². The summed E-state index contributed by atoms with van der Waals surface area (Å²) >= 11 is 0. The van der Waals surface area contributed by atoms with E-state index in [0.29, 0.717) is 11.2 Å². The van der Waals surface area contributed by atoms with Crippen molar-refractivity contribution in [2.45, 2.75) is 6.92 Å². The lowest BCUT2D eigenvalue weighted by molar-refractivity contribution is 0.102. The van der Waals surface area contributed by atoms with E-state index in [1.165, 1.54) is 24.3 Å². The van der Waals surface area contributed by atoms with Crippen molar-refractivity contribution in [1.82, 2.24) is 14.6 Å². The van der Waals surface area contributed by atoms with Crippen molar-refractivity contribution < 1.29 is 9.18 Å². The fourth-order valence-corrected chi connectivity index (χ4v) is 1.81. The molecule has 0 saturated carbocycles. The Balaban J connectivity index is 1.85. The maximum Gasteiger partial charge on any atom is 0.258 e. The van der Waals surface area contributed by atoms with E-state index in [9.17, 15) is 9.18 Å². The van der Waals surface area contributed by atoms with Crippen LogP contribution in [0.25, 0.3) is 5.65 Å². The number of nitrogens with one attached hydrogen (secondary N) is 1. The predicted molar refractivity (Wildman–Crippen MR) is 72.1 cm³/mol. The molecule has 0 bridgehead atoms. The number of aromatic nitrogens is 3. The van der Waals surface area contributed by atoms with Gasteiger partial charge in [-0.3, -0.25) is 10.1 Å².